The molecule has 0 unspecified atom stereocenters. The van der Waals surface area contributed by atoms with Crippen LogP contribution in [0.2, 0.25) is 0 Å². The topological polar surface area (TPSA) is 87.9 Å². The van der Waals surface area contributed by atoms with E-state index < -0.39 is 17.0 Å². The van der Waals surface area contributed by atoms with E-state index in [-0.39, 0.29) is 6.61 Å². The van der Waals surface area contributed by atoms with E-state index >= 15 is 0 Å². The van der Waals surface area contributed by atoms with Crippen LogP contribution >= 0.6 is 0 Å². The number of carbonyl (C=O) groups excluding carboxylic acids is 1. The standard InChI is InChI=1S/C21H19NO6/c1-14(16-6-7-18-12-19(26-2)9-8-17(18)11-16)21(23)28-20-5-3-4-15(10-20)13-27-22(24)25/h3-12,14H,13H2,1-2H3/t14-/m0/s1. The van der Waals surface area contributed by atoms with Gasteiger partial charge >= 0.3 is 5.97 Å². The molecule has 28 heavy (non-hydrogen) atoms. The van der Waals surface area contributed by atoms with Crippen LogP contribution in [0.15, 0.2) is 60.7 Å². The predicted molar refractivity (Wildman–Crippen MR) is 103 cm³/mol. The van der Waals surface area contributed by atoms with Crippen molar-refractivity contribution in [3.63, 3.8) is 0 Å². The highest BCUT2D eigenvalue weighted by Crippen LogP contribution is 2.26. The highest BCUT2D eigenvalue weighted by atomic mass is 16.9. The Kier molecular flexibility index (Phi) is 5.74. The van der Waals surface area contributed by atoms with Gasteiger partial charge in [0.05, 0.1) is 13.0 Å². The molecular weight excluding hydrogens is 362 g/mol. The maximum absolute atomic E-state index is 12.5. The van der Waals surface area contributed by atoms with E-state index in [9.17, 15) is 14.9 Å². The summed E-state index contributed by atoms with van der Waals surface area (Å²) in [5, 5.41) is 11.4. The third-order valence-corrected chi connectivity index (χ3v) is 4.38. The van der Waals surface area contributed by atoms with Crippen LogP contribution in [-0.2, 0) is 16.2 Å². The van der Waals surface area contributed by atoms with Gasteiger partial charge in [0.15, 0.2) is 0 Å². The number of carbonyl (C=O) groups is 1. The monoisotopic (exact) mass is 381 g/mol. The minimum Gasteiger partial charge on any atom is -0.497 e. The Labute approximate surface area is 161 Å². The summed E-state index contributed by atoms with van der Waals surface area (Å²) in [6.45, 7) is 1.56. The van der Waals surface area contributed by atoms with Crippen LogP contribution in [0.1, 0.15) is 24.0 Å². The molecule has 0 amide bonds. The van der Waals surface area contributed by atoms with Crippen molar-refractivity contribution in [1.82, 2.24) is 0 Å². The SMILES string of the molecule is COc1ccc2cc([C@H](C)C(=O)Oc3cccc(CO[N+](=O)[O-])c3)ccc2c1. The van der Waals surface area contributed by atoms with Gasteiger partial charge in [-0.15, -0.1) is 10.1 Å². The van der Waals surface area contributed by atoms with E-state index in [4.69, 9.17) is 9.47 Å². The molecule has 0 spiro atoms. The summed E-state index contributed by atoms with van der Waals surface area (Å²) in [6.07, 6.45) is 0. The Morgan fingerprint density at radius 3 is 2.54 bits per heavy atom. The number of ether oxygens (including phenoxy) is 2. The zero-order chi connectivity index (χ0) is 20.1. The van der Waals surface area contributed by atoms with E-state index in [2.05, 4.69) is 4.84 Å². The first-order valence-electron chi connectivity index (χ1n) is 8.62. The van der Waals surface area contributed by atoms with Crippen LogP contribution in [0.4, 0.5) is 0 Å². The lowest BCUT2D eigenvalue weighted by Gasteiger charge is -2.13. The van der Waals surface area contributed by atoms with Gasteiger partial charge in [-0.1, -0.05) is 36.4 Å². The number of rotatable bonds is 7. The Bertz CT molecular complexity index is 1020. The third-order valence-electron chi connectivity index (χ3n) is 4.38. The molecule has 0 aliphatic rings. The van der Waals surface area contributed by atoms with Crippen molar-refractivity contribution in [1.29, 1.82) is 0 Å². The third kappa shape index (κ3) is 4.56. The van der Waals surface area contributed by atoms with Crippen LogP contribution in [-0.4, -0.2) is 18.2 Å². The van der Waals surface area contributed by atoms with Gasteiger partial charge < -0.3 is 14.3 Å². The molecule has 3 aromatic rings. The van der Waals surface area contributed by atoms with E-state index in [1.165, 1.54) is 0 Å². The molecule has 0 aliphatic heterocycles. The van der Waals surface area contributed by atoms with Gasteiger partial charge in [-0.3, -0.25) is 4.79 Å². The Morgan fingerprint density at radius 2 is 1.79 bits per heavy atom. The molecular formula is C21H19NO6. The van der Waals surface area contributed by atoms with Gasteiger partial charge in [0, 0.05) is 0 Å². The number of methoxy groups -OCH3 is 1. The molecule has 0 aromatic heterocycles. The molecule has 3 rings (SSSR count). The lowest BCUT2D eigenvalue weighted by molar-refractivity contribution is -0.763. The molecule has 0 aliphatic carbocycles. The highest BCUT2D eigenvalue weighted by molar-refractivity contribution is 5.87. The van der Waals surface area contributed by atoms with Crippen molar-refractivity contribution in [2.75, 3.05) is 7.11 Å². The molecule has 0 N–H and O–H groups in total. The predicted octanol–water partition coefficient (Wildman–Crippen LogP) is 4.27. The molecule has 7 heteroatoms. The van der Waals surface area contributed by atoms with Crippen LogP contribution in [0.3, 0.4) is 0 Å². The van der Waals surface area contributed by atoms with Crippen molar-refractivity contribution in [3.8, 4) is 11.5 Å². The molecule has 144 valence electrons. The summed E-state index contributed by atoms with van der Waals surface area (Å²) in [7, 11) is 1.62. The Hall–Kier alpha value is -3.61. The fourth-order valence-corrected chi connectivity index (χ4v) is 2.81. The smallest absolute Gasteiger partial charge is 0.318 e. The fourth-order valence-electron chi connectivity index (χ4n) is 2.81. The number of hydrogen-bond acceptors (Lipinski definition) is 6. The molecule has 7 nitrogen and oxygen atoms in total. The van der Waals surface area contributed by atoms with Crippen molar-refractivity contribution in [3.05, 3.63) is 81.9 Å². The van der Waals surface area contributed by atoms with Crippen LogP contribution in [0, 0.1) is 10.1 Å². The van der Waals surface area contributed by atoms with Crippen LogP contribution in [0.25, 0.3) is 10.8 Å². The zero-order valence-corrected chi connectivity index (χ0v) is 15.5. The number of benzene rings is 3. The van der Waals surface area contributed by atoms with Crippen molar-refractivity contribution < 1.29 is 24.2 Å². The van der Waals surface area contributed by atoms with Gasteiger partial charge in [-0.25, -0.2) is 0 Å². The largest absolute Gasteiger partial charge is 0.497 e. The Morgan fingerprint density at radius 1 is 1.04 bits per heavy atom. The maximum atomic E-state index is 12.5. The first-order chi connectivity index (χ1) is 13.5. The number of hydrogen-bond donors (Lipinski definition) is 0. The number of nitrogens with zero attached hydrogens (tertiary/aromatic N) is 1. The molecule has 0 heterocycles. The van der Waals surface area contributed by atoms with E-state index in [1.54, 1.807) is 38.3 Å². The first kappa shape index (κ1) is 19.2. The van der Waals surface area contributed by atoms with Crippen molar-refractivity contribution in [2.24, 2.45) is 0 Å². The minimum absolute atomic E-state index is 0.206. The van der Waals surface area contributed by atoms with Crippen LogP contribution in [0.5, 0.6) is 11.5 Å². The van der Waals surface area contributed by atoms with E-state index in [0.29, 0.717) is 11.3 Å². The normalized spacial score (nSPS) is 11.6. The second kappa shape index (κ2) is 8.39. The van der Waals surface area contributed by atoms with Gasteiger partial charge in [-0.05, 0) is 53.1 Å². The average Bonchev–Trinajstić information content (AvgIpc) is 2.71. The molecule has 3 aromatic carbocycles. The van der Waals surface area contributed by atoms with Gasteiger partial charge in [0.25, 0.3) is 5.09 Å². The van der Waals surface area contributed by atoms with Gasteiger partial charge in [-0.2, -0.15) is 0 Å². The van der Waals surface area contributed by atoms with E-state index in [1.807, 2.05) is 36.4 Å². The quantitative estimate of drug-likeness (QED) is 0.263. The zero-order valence-electron chi connectivity index (χ0n) is 15.5. The maximum Gasteiger partial charge on any atom is 0.318 e. The summed E-state index contributed by atoms with van der Waals surface area (Å²) in [5.74, 6) is 0.186. The lowest BCUT2D eigenvalue weighted by Crippen LogP contribution is -2.16. The molecule has 0 bridgehead atoms. The molecule has 0 saturated heterocycles. The number of fused-ring (bicyclic) bond motifs is 1. The number of esters is 1. The van der Waals surface area contributed by atoms with Gasteiger partial charge in [0.2, 0.25) is 0 Å². The van der Waals surface area contributed by atoms with Crippen molar-refractivity contribution >= 4 is 16.7 Å². The summed E-state index contributed by atoms with van der Waals surface area (Å²) < 4.78 is 10.7. The van der Waals surface area contributed by atoms with Gasteiger partial charge in [0.1, 0.15) is 18.1 Å². The molecule has 0 radical (unpaired) electrons. The second-order valence-corrected chi connectivity index (χ2v) is 6.26. The Balaban J connectivity index is 1.73. The minimum atomic E-state index is -0.865. The summed E-state index contributed by atoms with van der Waals surface area (Å²) >= 11 is 0. The van der Waals surface area contributed by atoms with Crippen molar-refractivity contribution in [2.45, 2.75) is 19.4 Å². The van der Waals surface area contributed by atoms with Crippen LogP contribution < -0.4 is 9.47 Å². The lowest BCUT2D eigenvalue weighted by atomic mass is 9.98. The summed E-state index contributed by atoms with van der Waals surface area (Å²) in [4.78, 5) is 27.2. The fraction of sp³-hybridized carbons (Fsp3) is 0.190. The summed E-state index contributed by atoms with van der Waals surface area (Å²) in [5.41, 5.74) is 1.37. The first-order valence-corrected chi connectivity index (χ1v) is 8.62. The molecule has 1 atom stereocenters. The molecule has 0 saturated carbocycles. The molecule has 0 fully saturated rings. The highest BCUT2D eigenvalue weighted by Gasteiger charge is 2.18. The van der Waals surface area contributed by atoms with E-state index in [0.717, 1.165) is 22.1 Å². The summed E-state index contributed by atoms with van der Waals surface area (Å²) in [6, 6.07) is 18.0. The average molecular weight is 381 g/mol. The second-order valence-electron chi connectivity index (χ2n) is 6.26.